The van der Waals surface area contributed by atoms with Crippen molar-refractivity contribution in [1.82, 2.24) is 14.9 Å². The quantitative estimate of drug-likeness (QED) is 0.106. The van der Waals surface area contributed by atoms with Crippen molar-refractivity contribution in [1.29, 1.82) is 0 Å². The molecule has 10 heteroatoms. The Hall–Kier alpha value is -3.60. The second-order valence-corrected chi connectivity index (χ2v) is 10.2. The highest BCUT2D eigenvalue weighted by Gasteiger charge is 2.11. The molecule has 0 amide bonds. The van der Waals surface area contributed by atoms with E-state index in [9.17, 15) is 24.9 Å². The number of hydrogen-bond acceptors (Lipinski definition) is 8. The number of carbonyl (C=O) groups excluding carboxylic acids is 1. The standard InChI is InChI=1S/C31H43N3O7/c1-23(35)41-22-26-19-25(13-14-28(26)36)29(37)20-32-15-6-2-3-7-16-40-17-8-4-5-10-24-11-9-12-27(18-24)34-30(38)21-33-31(34)39/h9,11-14,18-19,21,29,32,36-38H,2-8,10,15-17,20,22H2,1H3,(H,33,39)/t29-/m0/s1. The van der Waals surface area contributed by atoms with Gasteiger partial charge in [-0.05, 0) is 74.0 Å². The fraction of sp³-hybridized carbons (Fsp3) is 0.484. The number of aromatic hydroxyl groups is 2. The van der Waals surface area contributed by atoms with Gasteiger partial charge in [0.25, 0.3) is 0 Å². The Kier molecular flexibility index (Phi) is 13.4. The highest BCUT2D eigenvalue weighted by molar-refractivity contribution is 5.66. The number of imidazole rings is 1. The van der Waals surface area contributed by atoms with Crippen molar-refractivity contribution in [3.05, 3.63) is 75.8 Å². The molecular weight excluding hydrogens is 526 g/mol. The Balaban J connectivity index is 1.16. The van der Waals surface area contributed by atoms with Crippen molar-refractivity contribution < 1.29 is 29.6 Å². The van der Waals surface area contributed by atoms with Crippen LogP contribution >= 0.6 is 0 Å². The number of H-pyrrole nitrogens is 1. The summed E-state index contributed by atoms with van der Waals surface area (Å²) in [5.41, 5.74) is 2.56. The zero-order valence-electron chi connectivity index (χ0n) is 23.8. The molecule has 1 atom stereocenters. The lowest BCUT2D eigenvalue weighted by molar-refractivity contribution is -0.142. The normalized spacial score (nSPS) is 12.0. The number of esters is 1. The molecule has 5 N–H and O–H groups in total. The molecule has 0 radical (unpaired) electrons. The van der Waals surface area contributed by atoms with Gasteiger partial charge in [-0.15, -0.1) is 0 Å². The SMILES string of the molecule is CC(=O)OCc1cc([C@@H](O)CNCCCCCCOCCCCCc2cccc(-n3c(O)c[nH]c3=O)c2)ccc1O. The van der Waals surface area contributed by atoms with Gasteiger partial charge in [-0.3, -0.25) is 4.79 Å². The van der Waals surface area contributed by atoms with Gasteiger partial charge in [0.1, 0.15) is 12.4 Å². The molecule has 10 nitrogen and oxygen atoms in total. The first-order valence-electron chi connectivity index (χ1n) is 14.4. The van der Waals surface area contributed by atoms with Crippen molar-refractivity contribution in [2.24, 2.45) is 0 Å². The van der Waals surface area contributed by atoms with E-state index in [0.29, 0.717) is 23.4 Å². The Morgan fingerprint density at radius 3 is 2.49 bits per heavy atom. The van der Waals surface area contributed by atoms with Gasteiger partial charge < -0.3 is 35.1 Å². The van der Waals surface area contributed by atoms with Crippen LogP contribution < -0.4 is 11.0 Å². The smallest absolute Gasteiger partial charge is 0.333 e. The third-order valence-electron chi connectivity index (χ3n) is 6.83. The fourth-order valence-corrected chi connectivity index (χ4v) is 4.54. The number of hydrogen-bond donors (Lipinski definition) is 5. The van der Waals surface area contributed by atoms with Gasteiger partial charge in [0.05, 0.1) is 18.0 Å². The van der Waals surface area contributed by atoms with Crippen LogP contribution in [0.25, 0.3) is 5.69 Å². The number of aryl methyl sites for hydroxylation is 1. The number of ether oxygens (including phenoxy) is 2. The van der Waals surface area contributed by atoms with Crippen molar-refractivity contribution in [3.8, 4) is 17.3 Å². The van der Waals surface area contributed by atoms with Gasteiger partial charge in [-0.25, -0.2) is 9.36 Å². The predicted molar refractivity (Wildman–Crippen MR) is 156 cm³/mol. The van der Waals surface area contributed by atoms with E-state index in [0.717, 1.165) is 76.7 Å². The van der Waals surface area contributed by atoms with Crippen LogP contribution in [0.1, 0.15) is 74.7 Å². The van der Waals surface area contributed by atoms with E-state index in [4.69, 9.17) is 9.47 Å². The molecule has 2 aromatic carbocycles. The van der Waals surface area contributed by atoms with Crippen LogP contribution in [0.15, 0.2) is 53.5 Å². The summed E-state index contributed by atoms with van der Waals surface area (Å²) in [6.45, 7) is 4.02. The number of rotatable bonds is 19. The number of aliphatic hydroxyl groups excluding tert-OH is 1. The summed E-state index contributed by atoms with van der Waals surface area (Å²) in [4.78, 5) is 25.3. The largest absolute Gasteiger partial charge is 0.508 e. The van der Waals surface area contributed by atoms with Gasteiger partial charge in [-0.1, -0.05) is 37.5 Å². The van der Waals surface area contributed by atoms with E-state index in [1.165, 1.54) is 23.8 Å². The van der Waals surface area contributed by atoms with Crippen LogP contribution in [-0.2, 0) is 27.3 Å². The number of phenols is 1. The number of aromatic nitrogens is 2. The Labute approximate surface area is 241 Å². The molecule has 0 unspecified atom stereocenters. The van der Waals surface area contributed by atoms with Crippen molar-refractivity contribution >= 4 is 5.97 Å². The zero-order valence-corrected chi connectivity index (χ0v) is 23.8. The number of aromatic amines is 1. The van der Waals surface area contributed by atoms with Gasteiger partial charge in [0.15, 0.2) is 0 Å². The van der Waals surface area contributed by atoms with E-state index in [1.54, 1.807) is 18.2 Å². The van der Waals surface area contributed by atoms with Gasteiger partial charge in [0.2, 0.25) is 5.88 Å². The molecule has 0 spiro atoms. The van der Waals surface area contributed by atoms with Crippen LogP contribution in [0, 0.1) is 0 Å². The van der Waals surface area contributed by atoms with Crippen LogP contribution in [-0.4, -0.2) is 57.1 Å². The molecule has 1 heterocycles. The van der Waals surface area contributed by atoms with Crippen LogP contribution in [0.4, 0.5) is 0 Å². The summed E-state index contributed by atoms with van der Waals surface area (Å²) in [7, 11) is 0. The monoisotopic (exact) mass is 569 g/mol. The third kappa shape index (κ3) is 11.1. The Morgan fingerprint density at radius 2 is 1.76 bits per heavy atom. The third-order valence-corrected chi connectivity index (χ3v) is 6.83. The maximum atomic E-state index is 11.9. The molecule has 3 rings (SSSR count). The maximum absolute atomic E-state index is 11.9. The molecule has 0 saturated heterocycles. The fourth-order valence-electron chi connectivity index (χ4n) is 4.54. The number of nitrogens with one attached hydrogen (secondary N) is 2. The number of unbranched alkanes of at least 4 members (excludes halogenated alkanes) is 5. The first-order valence-corrected chi connectivity index (χ1v) is 14.4. The molecule has 0 fully saturated rings. The second kappa shape index (κ2) is 17.3. The first-order chi connectivity index (χ1) is 19.8. The highest BCUT2D eigenvalue weighted by Crippen LogP contribution is 2.23. The van der Waals surface area contributed by atoms with E-state index >= 15 is 0 Å². The average molecular weight is 570 g/mol. The van der Waals surface area contributed by atoms with Crippen molar-refractivity contribution in [2.75, 3.05) is 26.3 Å². The molecule has 0 aliphatic rings. The van der Waals surface area contributed by atoms with E-state index in [-0.39, 0.29) is 23.9 Å². The Bertz CT molecular complexity index is 1270. The van der Waals surface area contributed by atoms with Gasteiger partial charge in [0, 0.05) is 32.2 Å². The summed E-state index contributed by atoms with van der Waals surface area (Å²) < 4.78 is 12.0. The number of nitrogens with zero attached hydrogens (tertiary/aromatic N) is 1. The van der Waals surface area contributed by atoms with Crippen LogP contribution in [0.3, 0.4) is 0 Å². The number of aliphatic hydroxyl groups is 1. The van der Waals surface area contributed by atoms with Crippen LogP contribution in [0.5, 0.6) is 11.6 Å². The lowest BCUT2D eigenvalue weighted by Gasteiger charge is -2.14. The molecular formula is C31H43N3O7. The highest BCUT2D eigenvalue weighted by atomic mass is 16.5. The number of benzene rings is 2. The summed E-state index contributed by atoms with van der Waals surface area (Å²) in [6, 6.07) is 12.5. The lowest BCUT2D eigenvalue weighted by atomic mass is 10.1. The molecule has 224 valence electrons. The summed E-state index contributed by atoms with van der Waals surface area (Å²) in [5.74, 6) is -0.488. The molecule has 1 aromatic heterocycles. The Morgan fingerprint density at radius 1 is 1.00 bits per heavy atom. The minimum absolute atomic E-state index is 0.0261. The second-order valence-electron chi connectivity index (χ2n) is 10.2. The molecule has 0 bridgehead atoms. The van der Waals surface area contributed by atoms with Crippen molar-refractivity contribution in [3.63, 3.8) is 0 Å². The van der Waals surface area contributed by atoms with E-state index in [2.05, 4.69) is 10.3 Å². The van der Waals surface area contributed by atoms with Gasteiger partial charge in [-0.2, -0.15) is 0 Å². The molecule has 0 saturated carbocycles. The van der Waals surface area contributed by atoms with E-state index in [1.807, 2.05) is 18.2 Å². The molecule has 41 heavy (non-hydrogen) atoms. The summed E-state index contributed by atoms with van der Waals surface area (Å²) in [6.07, 6.45) is 8.81. The van der Waals surface area contributed by atoms with Gasteiger partial charge >= 0.3 is 11.7 Å². The minimum Gasteiger partial charge on any atom is -0.508 e. The van der Waals surface area contributed by atoms with E-state index < -0.39 is 12.1 Å². The molecule has 0 aliphatic carbocycles. The first kappa shape index (κ1) is 31.9. The molecule has 0 aliphatic heterocycles. The predicted octanol–water partition coefficient (Wildman–Crippen LogP) is 4.25. The topological polar surface area (TPSA) is 146 Å². The van der Waals surface area contributed by atoms with Crippen LogP contribution in [0.2, 0.25) is 0 Å². The number of phenolic OH excluding ortho intramolecular Hbond substituents is 1. The lowest BCUT2D eigenvalue weighted by Crippen LogP contribution is -2.22. The minimum atomic E-state index is -0.713. The summed E-state index contributed by atoms with van der Waals surface area (Å²) in [5, 5.41) is 33.5. The zero-order chi connectivity index (χ0) is 29.5. The van der Waals surface area contributed by atoms with Crippen molar-refractivity contribution in [2.45, 2.75) is 71.0 Å². The average Bonchev–Trinajstić information content (AvgIpc) is 3.30. The summed E-state index contributed by atoms with van der Waals surface area (Å²) >= 11 is 0. The number of carbonyl (C=O) groups is 1. The molecule has 3 aromatic rings. The maximum Gasteiger partial charge on any atom is 0.333 e.